The van der Waals surface area contributed by atoms with Gasteiger partial charge in [0.05, 0.1) is 0 Å². The number of hydrogen-bond acceptors (Lipinski definition) is 2. The molecule has 0 heterocycles. The predicted molar refractivity (Wildman–Crippen MR) is 77.8 cm³/mol. The van der Waals surface area contributed by atoms with Gasteiger partial charge in [0.2, 0.25) is 0 Å². The van der Waals surface area contributed by atoms with Gasteiger partial charge in [-0.05, 0) is 43.5 Å². The Kier molecular flexibility index (Phi) is 4.52. The summed E-state index contributed by atoms with van der Waals surface area (Å²) in [5.41, 5.74) is 1.46. The summed E-state index contributed by atoms with van der Waals surface area (Å²) in [6, 6.07) is 10.8. The molecule has 1 fully saturated rings. The zero-order chi connectivity index (χ0) is 12.1. The molecule has 0 radical (unpaired) electrons. The van der Waals surface area contributed by atoms with Gasteiger partial charge in [-0.2, -0.15) is 11.8 Å². The minimum Gasteiger partial charge on any atom is -0.315 e. The van der Waals surface area contributed by atoms with E-state index < -0.39 is 0 Å². The highest BCUT2D eigenvalue weighted by molar-refractivity contribution is 8.00. The maximum absolute atomic E-state index is 3.62. The van der Waals surface area contributed by atoms with Crippen molar-refractivity contribution < 1.29 is 0 Å². The summed E-state index contributed by atoms with van der Waals surface area (Å²) in [4.78, 5) is 0. The van der Waals surface area contributed by atoms with Crippen LogP contribution in [0.1, 0.15) is 37.7 Å². The highest BCUT2D eigenvalue weighted by Gasteiger charge is 2.41. The van der Waals surface area contributed by atoms with Crippen molar-refractivity contribution in [1.29, 1.82) is 0 Å². The summed E-state index contributed by atoms with van der Waals surface area (Å²) in [6.45, 7) is 4.65. The molecule has 1 atom stereocenters. The topological polar surface area (TPSA) is 12.0 Å². The van der Waals surface area contributed by atoms with E-state index in [0.717, 1.165) is 6.54 Å². The van der Waals surface area contributed by atoms with Crippen LogP contribution in [0.15, 0.2) is 30.3 Å². The van der Waals surface area contributed by atoms with E-state index in [-0.39, 0.29) is 0 Å². The van der Waals surface area contributed by atoms with Crippen molar-refractivity contribution in [2.45, 2.75) is 36.9 Å². The quantitative estimate of drug-likeness (QED) is 0.740. The molecule has 1 nitrogen and oxygen atoms in total. The molecule has 94 valence electrons. The summed E-state index contributed by atoms with van der Waals surface area (Å²) in [5.74, 6) is 0.660. The van der Waals surface area contributed by atoms with E-state index in [1.54, 1.807) is 0 Å². The van der Waals surface area contributed by atoms with Crippen molar-refractivity contribution >= 4 is 11.8 Å². The summed E-state index contributed by atoms with van der Waals surface area (Å²) >= 11 is 2.03. The van der Waals surface area contributed by atoms with E-state index >= 15 is 0 Å². The maximum Gasteiger partial charge on any atom is 0.0282 e. The second-order valence-corrected chi connectivity index (χ2v) is 6.44. The van der Waals surface area contributed by atoms with Gasteiger partial charge in [-0.25, -0.2) is 0 Å². The van der Waals surface area contributed by atoms with Crippen LogP contribution < -0.4 is 5.32 Å². The third-order valence-electron chi connectivity index (χ3n) is 3.81. The van der Waals surface area contributed by atoms with Gasteiger partial charge in [0, 0.05) is 11.3 Å². The third kappa shape index (κ3) is 3.75. The van der Waals surface area contributed by atoms with Gasteiger partial charge in [0.1, 0.15) is 0 Å². The van der Waals surface area contributed by atoms with Gasteiger partial charge in [-0.3, -0.25) is 0 Å². The molecule has 17 heavy (non-hydrogen) atoms. The molecule has 1 aromatic carbocycles. The van der Waals surface area contributed by atoms with Crippen LogP contribution in [-0.4, -0.2) is 24.1 Å². The molecular formula is C15H23NS. The highest BCUT2D eigenvalue weighted by Crippen LogP contribution is 2.46. The maximum atomic E-state index is 3.62. The number of rotatable bonds is 7. The fourth-order valence-corrected chi connectivity index (χ4v) is 2.93. The molecule has 0 bridgehead atoms. The second-order valence-electron chi connectivity index (χ2n) is 5.16. The van der Waals surface area contributed by atoms with Crippen molar-refractivity contribution in [1.82, 2.24) is 5.32 Å². The van der Waals surface area contributed by atoms with Crippen molar-refractivity contribution in [2.75, 3.05) is 19.3 Å². The van der Waals surface area contributed by atoms with Crippen molar-refractivity contribution in [3.63, 3.8) is 0 Å². The number of hydrogen-bond donors (Lipinski definition) is 1. The van der Waals surface area contributed by atoms with Gasteiger partial charge < -0.3 is 5.32 Å². The average Bonchev–Trinajstić information content (AvgIpc) is 3.16. The molecule has 0 spiro atoms. The zero-order valence-corrected chi connectivity index (χ0v) is 11.7. The SMILES string of the molecule is CSC1(CNCCC(C)c2ccccc2)CC1. The lowest BCUT2D eigenvalue weighted by molar-refractivity contribution is 0.585. The summed E-state index contributed by atoms with van der Waals surface area (Å²) in [7, 11) is 0. The van der Waals surface area contributed by atoms with Crippen LogP contribution in [0.3, 0.4) is 0 Å². The Morgan fingerprint density at radius 2 is 2.00 bits per heavy atom. The van der Waals surface area contributed by atoms with Crippen LogP contribution in [0.4, 0.5) is 0 Å². The second kappa shape index (κ2) is 5.92. The lowest BCUT2D eigenvalue weighted by Crippen LogP contribution is -2.27. The molecule has 1 aromatic rings. The van der Waals surface area contributed by atoms with Gasteiger partial charge in [0.25, 0.3) is 0 Å². The fourth-order valence-electron chi connectivity index (χ4n) is 2.18. The molecule has 0 saturated heterocycles. The summed E-state index contributed by atoms with van der Waals surface area (Å²) in [5, 5.41) is 3.62. The monoisotopic (exact) mass is 249 g/mol. The average molecular weight is 249 g/mol. The predicted octanol–water partition coefficient (Wildman–Crippen LogP) is 3.67. The van der Waals surface area contributed by atoms with Crippen molar-refractivity contribution in [2.24, 2.45) is 0 Å². The first-order valence-corrected chi connectivity index (χ1v) is 7.79. The normalized spacial score (nSPS) is 18.9. The van der Waals surface area contributed by atoms with Crippen LogP contribution >= 0.6 is 11.8 Å². The third-order valence-corrected chi connectivity index (χ3v) is 5.23. The Labute approximate surface area is 109 Å². The molecule has 2 heteroatoms. The molecule has 0 aromatic heterocycles. The summed E-state index contributed by atoms with van der Waals surface area (Å²) < 4.78 is 0.593. The molecule has 1 aliphatic rings. The lowest BCUT2D eigenvalue weighted by Gasteiger charge is -2.15. The number of nitrogens with one attached hydrogen (secondary N) is 1. The highest BCUT2D eigenvalue weighted by atomic mass is 32.2. The Bertz CT molecular complexity index is 332. The minimum absolute atomic E-state index is 0.593. The van der Waals surface area contributed by atoms with Crippen molar-refractivity contribution in [3.05, 3.63) is 35.9 Å². The minimum atomic E-state index is 0.593. The van der Waals surface area contributed by atoms with Gasteiger partial charge >= 0.3 is 0 Å². The van der Waals surface area contributed by atoms with Crippen molar-refractivity contribution in [3.8, 4) is 0 Å². The van der Waals surface area contributed by atoms with E-state index in [4.69, 9.17) is 0 Å². The Balaban J connectivity index is 1.65. The standard InChI is InChI=1S/C15H23NS/c1-13(14-6-4-3-5-7-14)8-11-16-12-15(17-2)9-10-15/h3-7,13,16H,8-12H2,1-2H3. The first-order chi connectivity index (χ1) is 8.26. The number of thioether (sulfide) groups is 1. The Morgan fingerprint density at radius 1 is 1.29 bits per heavy atom. The number of benzene rings is 1. The molecule has 0 aliphatic heterocycles. The van der Waals surface area contributed by atoms with Gasteiger partial charge in [-0.1, -0.05) is 37.3 Å². The molecule has 2 rings (SSSR count). The Hall–Kier alpha value is -0.470. The van der Waals surface area contributed by atoms with E-state index in [1.807, 2.05) is 11.8 Å². The zero-order valence-electron chi connectivity index (χ0n) is 10.9. The molecule has 1 N–H and O–H groups in total. The van der Waals surface area contributed by atoms with E-state index in [1.165, 1.54) is 31.4 Å². The first-order valence-electron chi connectivity index (χ1n) is 6.57. The van der Waals surface area contributed by atoms with Crippen LogP contribution in [0.5, 0.6) is 0 Å². The van der Waals surface area contributed by atoms with Gasteiger partial charge in [-0.15, -0.1) is 0 Å². The van der Waals surface area contributed by atoms with Crippen LogP contribution in [0.25, 0.3) is 0 Å². The van der Waals surface area contributed by atoms with E-state index in [0.29, 0.717) is 10.7 Å². The summed E-state index contributed by atoms with van der Waals surface area (Å²) in [6.07, 6.45) is 6.26. The van der Waals surface area contributed by atoms with Gasteiger partial charge in [0.15, 0.2) is 0 Å². The lowest BCUT2D eigenvalue weighted by atomic mass is 9.98. The molecule has 0 amide bonds. The van der Waals surface area contributed by atoms with Crippen LogP contribution in [0, 0.1) is 0 Å². The van der Waals surface area contributed by atoms with Crippen LogP contribution in [-0.2, 0) is 0 Å². The first kappa shape index (κ1) is 13.0. The molecule has 1 aliphatic carbocycles. The smallest absolute Gasteiger partial charge is 0.0282 e. The van der Waals surface area contributed by atoms with E-state index in [9.17, 15) is 0 Å². The molecule has 1 saturated carbocycles. The fraction of sp³-hybridized carbons (Fsp3) is 0.600. The molecular weight excluding hydrogens is 226 g/mol. The van der Waals surface area contributed by atoms with E-state index in [2.05, 4.69) is 48.8 Å². The van der Waals surface area contributed by atoms with Crippen LogP contribution in [0.2, 0.25) is 0 Å². The Morgan fingerprint density at radius 3 is 2.59 bits per heavy atom. The largest absolute Gasteiger partial charge is 0.315 e. The molecule has 1 unspecified atom stereocenters.